The number of piperidine rings is 1. The SMILES string of the molecule is CN1CCC(NCC(O)C(F)(F)F)CC1. The zero-order valence-electron chi connectivity index (χ0n) is 8.72. The largest absolute Gasteiger partial charge is 0.415 e. The maximum atomic E-state index is 12.0. The standard InChI is InChI=1S/C9H17F3N2O/c1-14-4-2-7(3-5-14)13-6-8(15)9(10,11)12/h7-8,13,15H,2-6H2,1H3. The van der Waals surface area contributed by atoms with Crippen LogP contribution in [0, 0.1) is 0 Å². The number of likely N-dealkylation sites (tertiary alicyclic amines) is 1. The van der Waals surface area contributed by atoms with E-state index in [9.17, 15) is 13.2 Å². The predicted molar refractivity (Wildman–Crippen MR) is 50.6 cm³/mol. The van der Waals surface area contributed by atoms with Crippen molar-refractivity contribution in [2.45, 2.75) is 31.2 Å². The van der Waals surface area contributed by atoms with E-state index in [2.05, 4.69) is 10.2 Å². The molecule has 0 radical (unpaired) electrons. The molecule has 0 aromatic carbocycles. The van der Waals surface area contributed by atoms with Gasteiger partial charge in [0.2, 0.25) is 0 Å². The average Bonchev–Trinajstić information content (AvgIpc) is 2.15. The van der Waals surface area contributed by atoms with Crippen LogP contribution < -0.4 is 5.32 Å². The predicted octanol–water partition coefficient (Wildman–Crippen LogP) is 0.593. The van der Waals surface area contributed by atoms with Gasteiger partial charge in [0, 0.05) is 12.6 Å². The monoisotopic (exact) mass is 226 g/mol. The summed E-state index contributed by atoms with van der Waals surface area (Å²) in [6, 6.07) is 0.0956. The molecule has 1 fully saturated rings. The molecule has 6 heteroatoms. The number of aliphatic hydroxyl groups excluding tert-OH is 1. The molecule has 0 amide bonds. The third-order valence-corrected chi connectivity index (χ3v) is 2.70. The van der Waals surface area contributed by atoms with Gasteiger partial charge in [-0.15, -0.1) is 0 Å². The van der Waals surface area contributed by atoms with E-state index in [1.165, 1.54) is 0 Å². The van der Waals surface area contributed by atoms with Gasteiger partial charge in [-0.2, -0.15) is 13.2 Å². The highest BCUT2D eigenvalue weighted by molar-refractivity contribution is 4.78. The summed E-state index contributed by atoms with van der Waals surface area (Å²) in [5.41, 5.74) is 0. The number of rotatable bonds is 3. The summed E-state index contributed by atoms with van der Waals surface area (Å²) in [4.78, 5) is 2.14. The smallest absolute Gasteiger partial charge is 0.382 e. The fraction of sp³-hybridized carbons (Fsp3) is 1.00. The van der Waals surface area contributed by atoms with Gasteiger partial charge in [0.05, 0.1) is 0 Å². The molecule has 15 heavy (non-hydrogen) atoms. The van der Waals surface area contributed by atoms with Crippen LogP contribution in [-0.4, -0.2) is 55.0 Å². The van der Waals surface area contributed by atoms with Crippen molar-refractivity contribution < 1.29 is 18.3 Å². The van der Waals surface area contributed by atoms with Gasteiger partial charge in [0.15, 0.2) is 6.10 Å². The summed E-state index contributed by atoms with van der Waals surface area (Å²) in [6.07, 6.45) is -5.10. The lowest BCUT2D eigenvalue weighted by Gasteiger charge is -2.30. The fourth-order valence-electron chi connectivity index (χ4n) is 1.61. The first-order valence-electron chi connectivity index (χ1n) is 5.06. The molecule has 1 aliphatic heterocycles. The van der Waals surface area contributed by atoms with E-state index >= 15 is 0 Å². The lowest BCUT2D eigenvalue weighted by atomic mass is 10.1. The van der Waals surface area contributed by atoms with Gasteiger partial charge in [-0.3, -0.25) is 0 Å². The highest BCUT2D eigenvalue weighted by Crippen LogP contribution is 2.19. The van der Waals surface area contributed by atoms with Crippen molar-refractivity contribution in [2.75, 3.05) is 26.7 Å². The maximum absolute atomic E-state index is 12.0. The normalized spacial score (nSPS) is 23.0. The number of hydrogen-bond donors (Lipinski definition) is 2. The van der Waals surface area contributed by atoms with Crippen molar-refractivity contribution >= 4 is 0 Å². The van der Waals surface area contributed by atoms with Crippen molar-refractivity contribution in [3.05, 3.63) is 0 Å². The molecule has 0 bridgehead atoms. The van der Waals surface area contributed by atoms with Crippen LogP contribution in [0.3, 0.4) is 0 Å². The molecule has 1 unspecified atom stereocenters. The Morgan fingerprint density at radius 2 is 1.93 bits per heavy atom. The summed E-state index contributed by atoms with van der Waals surface area (Å²) >= 11 is 0. The Hall–Kier alpha value is -0.330. The summed E-state index contributed by atoms with van der Waals surface area (Å²) in [6.45, 7) is 1.37. The molecule has 0 saturated carbocycles. The second-order valence-corrected chi connectivity index (χ2v) is 4.04. The minimum absolute atomic E-state index is 0.0956. The van der Waals surface area contributed by atoms with Gasteiger partial charge >= 0.3 is 6.18 Å². The van der Waals surface area contributed by atoms with E-state index in [1.807, 2.05) is 7.05 Å². The summed E-state index contributed by atoms with van der Waals surface area (Å²) in [5, 5.41) is 11.5. The second kappa shape index (κ2) is 5.14. The number of aliphatic hydroxyl groups is 1. The van der Waals surface area contributed by atoms with Crippen molar-refractivity contribution in [2.24, 2.45) is 0 Å². The van der Waals surface area contributed by atoms with Crippen LogP contribution >= 0.6 is 0 Å². The maximum Gasteiger partial charge on any atom is 0.415 e. The third-order valence-electron chi connectivity index (χ3n) is 2.70. The van der Waals surface area contributed by atoms with Gasteiger partial charge in [0.25, 0.3) is 0 Å². The van der Waals surface area contributed by atoms with E-state index < -0.39 is 18.8 Å². The van der Waals surface area contributed by atoms with Gasteiger partial charge < -0.3 is 15.3 Å². The van der Waals surface area contributed by atoms with Crippen LogP contribution in [0.2, 0.25) is 0 Å². The van der Waals surface area contributed by atoms with E-state index in [0.29, 0.717) is 0 Å². The number of halogens is 3. The molecular formula is C9H17F3N2O. The molecular weight excluding hydrogens is 209 g/mol. The van der Waals surface area contributed by atoms with Gasteiger partial charge in [-0.25, -0.2) is 0 Å². The number of nitrogens with zero attached hydrogens (tertiary/aromatic N) is 1. The molecule has 1 aliphatic rings. The summed E-state index contributed by atoms with van der Waals surface area (Å²) in [5.74, 6) is 0. The zero-order chi connectivity index (χ0) is 11.5. The number of hydrogen-bond acceptors (Lipinski definition) is 3. The average molecular weight is 226 g/mol. The van der Waals surface area contributed by atoms with Crippen molar-refractivity contribution in [1.29, 1.82) is 0 Å². The Bertz CT molecular complexity index is 190. The minimum atomic E-state index is -4.52. The fourth-order valence-corrected chi connectivity index (χ4v) is 1.61. The van der Waals surface area contributed by atoms with Crippen LogP contribution in [0.15, 0.2) is 0 Å². The molecule has 0 aliphatic carbocycles. The van der Waals surface area contributed by atoms with Gasteiger partial charge in [-0.05, 0) is 33.0 Å². The van der Waals surface area contributed by atoms with Gasteiger partial charge in [-0.1, -0.05) is 0 Å². The van der Waals surface area contributed by atoms with Crippen LogP contribution in [-0.2, 0) is 0 Å². The highest BCUT2D eigenvalue weighted by atomic mass is 19.4. The lowest BCUT2D eigenvalue weighted by Crippen LogP contribution is -2.46. The molecule has 3 nitrogen and oxygen atoms in total. The topological polar surface area (TPSA) is 35.5 Å². The number of alkyl halides is 3. The zero-order valence-corrected chi connectivity index (χ0v) is 8.72. The molecule has 0 spiro atoms. The van der Waals surface area contributed by atoms with Crippen LogP contribution in [0.4, 0.5) is 13.2 Å². The van der Waals surface area contributed by atoms with Crippen molar-refractivity contribution in [1.82, 2.24) is 10.2 Å². The molecule has 0 aromatic rings. The molecule has 1 atom stereocenters. The lowest BCUT2D eigenvalue weighted by molar-refractivity contribution is -0.202. The van der Waals surface area contributed by atoms with E-state index in [1.54, 1.807) is 0 Å². The van der Waals surface area contributed by atoms with E-state index in [0.717, 1.165) is 25.9 Å². The molecule has 1 heterocycles. The van der Waals surface area contributed by atoms with Gasteiger partial charge in [0.1, 0.15) is 0 Å². The Morgan fingerprint density at radius 3 is 2.40 bits per heavy atom. The second-order valence-electron chi connectivity index (χ2n) is 4.04. The minimum Gasteiger partial charge on any atom is -0.382 e. The van der Waals surface area contributed by atoms with Crippen LogP contribution in [0.1, 0.15) is 12.8 Å². The Labute approximate surface area is 87.3 Å². The summed E-state index contributed by atoms with van der Waals surface area (Å²) < 4.78 is 35.9. The number of nitrogens with one attached hydrogen (secondary N) is 1. The molecule has 1 saturated heterocycles. The quantitative estimate of drug-likeness (QED) is 0.739. The molecule has 0 aromatic heterocycles. The van der Waals surface area contributed by atoms with E-state index in [-0.39, 0.29) is 6.04 Å². The Morgan fingerprint density at radius 1 is 1.40 bits per heavy atom. The van der Waals surface area contributed by atoms with E-state index in [4.69, 9.17) is 5.11 Å². The molecule has 2 N–H and O–H groups in total. The first-order chi connectivity index (χ1) is 6.89. The van der Waals surface area contributed by atoms with Crippen molar-refractivity contribution in [3.8, 4) is 0 Å². The highest BCUT2D eigenvalue weighted by Gasteiger charge is 2.38. The van der Waals surface area contributed by atoms with Crippen molar-refractivity contribution in [3.63, 3.8) is 0 Å². The third kappa shape index (κ3) is 4.36. The Balaban J connectivity index is 2.20. The summed E-state index contributed by atoms with van der Waals surface area (Å²) in [7, 11) is 1.99. The van der Waals surface area contributed by atoms with Crippen LogP contribution in [0.5, 0.6) is 0 Å². The molecule has 90 valence electrons. The Kier molecular flexibility index (Phi) is 4.36. The first-order valence-corrected chi connectivity index (χ1v) is 5.06. The first kappa shape index (κ1) is 12.7. The van der Waals surface area contributed by atoms with Crippen LogP contribution in [0.25, 0.3) is 0 Å². The molecule has 1 rings (SSSR count).